The van der Waals surface area contributed by atoms with E-state index in [-0.39, 0.29) is 17.0 Å². The number of methoxy groups -OCH3 is 3. The van der Waals surface area contributed by atoms with E-state index in [0.717, 1.165) is 24.0 Å². The van der Waals surface area contributed by atoms with Gasteiger partial charge in [-0.2, -0.15) is 0 Å². The minimum Gasteiger partial charge on any atom is -0.493 e. The predicted molar refractivity (Wildman–Crippen MR) is 132 cm³/mol. The number of fused-ring (bicyclic) bond motifs is 1. The molecule has 1 aliphatic carbocycles. The molecule has 0 radical (unpaired) electrons. The highest BCUT2D eigenvalue weighted by molar-refractivity contribution is 5.93. The second-order valence-electron chi connectivity index (χ2n) is 9.92. The summed E-state index contributed by atoms with van der Waals surface area (Å²) in [5.74, 6) is 1.83. The molecule has 1 saturated carbocycles. The molecular weight excluding hydrogens is 434 g/mol. The average molecular weight is 468 g/mol. The van der Waals surface area contributed by atoms with Crippen LogP contribution >= 0.6 is 0 Å². The molecule has 8 heteroatoms. The summed E-state index contributed by atoms with van der Waals surface area (Å²) in [7, 11) is 4.73. The fraction of sp³-hybridized carbons (Fsp3) is 0.462. The molecule has 8 nitrogen and oxygen atoms in total. The fourth-order valence-electron chi connectivity index (χ4n) is 5.46. The molecule has 2 atom stereocenters. The van der Waals surface area contributed by atoms with Gasteiger partial charge < -0.3 is 29.2 Å². The number of aromatic nitrogens is 2. The van der Waals surface area contributed by atoms with E-state index < -0.39 is 5.97 Å². The standard InChI is InChI=1S/C26H33N3O5/c1-15-9-18(14-26(2,3)13-15)29-20-8-7-16(24(30)31)10-19(20)28-25(29)27-17-11-21(32-4)23(34-6)22(12-17)33-5/h7-8,10-12,15,18H,9,13-14H2,1-6H3,(H,27,28)(H,30,31)/t15-,18+/m1/s1. The number of hydrogen-bond donors (Lipinski definition) is 2. The lowest BCUT2D eigenvalue weighted by atomic mass is 9.70. The van der Waals surface area contributed by atoms with Gasteiger partial charge in [0.05, 0.1) is 37.9 Å². The highest BCUT2D eigenvalue weighted by atomic mass is 16.5. The number of carbonyl (C=O) groups is 1. The van der Waals surface area contributed by atoms with Crippen LogP contribution in [0.4, 0.5) is 11.6 Å². The first-order valence-electron chi connectivity index (χ1n) is 11.5. The van der Waals surface area contributed by atoms with Crippen molar-refractivity contribution in [2.45, 2.75) is 46.1 Å². The van der Waals surface area contributed by atoms with Crippen LogP contribution in [0, 0.1) is 11.3 Å². The van der Waals surface area contributed by atoms with Crippen LogP contribution in [0.25, 0.3) is 11.0 Å². The van der Waals surface area contributed by atoms with Crippen LogP contribution in [0.3, 0.4) is 0 Å². The molecule has 1 aliphatic rings. The Kier molecular flexibility index (Phi) is 6.34. The van der Waals surface area contributed by atoms with Gasteiger partial charge >= 0.3 is 5.97 Å². The first kappa shape index (κ1) is 23.7. The topological polar surface area (TPSA) is 94.8 Å². The quantitative estimate of drug-likeness (QED) is 0.447. The summed E-state index contributed by atoms with van der Waals surface area (Å²) in [6.07, 6.45) is 3.21. The summed E-state index contributed by atoms with van der Waals surface area (Å²) in [4.78, 5) is 16.4. The van der Waals surface area contributed by atoms with Crippen molar-refractivity contribution in [1.29, 1.82) is 0 Å². The van der Waals surface area contributed by atoms with E-state index in [1.54, 1.807) is 33.5 Å². The molecule has 0 unspecified atom stereocenters. The number of benzene rings is 2. The van der Waals surface area contributed by atoms with Crippen LogP contribution in [-0.2, 0) is 0 Å². The van der Waals surface area contributed by atoms with Gasteiger partial charge in [-0.05, 0) is 48.8 Å². The number of imidazole rings is 1. The number of carboxylic acids is 1. The Morgan fingerprint density at radius 3 is 2.32 bits per heavy atom. The van der Waals surface area contributed by atoms with E-state index in [1.807, 2.05) is 18.2 Å². The van der Waals surface area contributed by atoms with E-state index in [0.29, 0.717) is 34.6 Å². The van der Waals surface area contributed by atoms with Crippen molar-refractivity contribution in [2.75, 3.05) is 26.6 Å². The van der Waals surface area contributed by atoms with Gasteiger partial charge in [0.2, 0.25) is 11.7 Å². The van der Waals surface area contributed by atoms with Gasteiger partial charge in [0.15, 0.2) is 11.5 Å². The Bertz CT molecular complexity index is 1190. The first-order chi connectivity index (χ1) is 16.2. The smallest absolute Gasteiger partial charge is 0.335 e. The van der Waals surface area contributed by atoms with Crippen LogP contribution in [-0.4, -0.2) is 42.0 Å². The summed E-state index contributed by atoms with van der Waals surface area (Å²) in [6.45, 7) is 6.91. The molecule has 3 aromatic rings. The van der Waals surface area contributed by atoms with Crippen LogP contribution in [0.5, 0.6) is 17.2 Å². The van der Waals surface area contributed by atoms with Crippen molar-refractivity contribution in [3.8, 4) is 17.2 Å². The third-order valence-corrected chi connectivity index (χ3v) is 6.59. The highest BCUT2D eigenvalue weighted by Crippen LogP contribution is 2.46. The summed E-state index contributed by atoms with van der Waals surface area (Å²) in [6, 6.07) is 9.03. The molecule has 2 N–H and O–H groups in total. The minimum absolute atomic E-state index is 0.198. The number of rotatable bonds is 7. The molecule has 0 amide bonds. The zero-order chi connectivity index (χ0) is 24.6. The Balaban J connectivity index is 1.85. The molecule has 1 aromatic heterocycles. The Labute approximate surface area is 199 Å². The number of nitrogens with one attached hydrogen (secondary N) is 1. The summed E-state index contributed by atoms with van der Waals surface area (Å²) in [5.41, 5.74) is 2.70. The second kappa shape index (κ2) is 9.08. The van der Waals surface area contributed by atoms with Gasteiger partial charge in [0, 0.05) is 23.9 Å². The highest BCUT2D eigenvalue weighted by Gasteiger charge is 2.34. The van der Waals surface area contributed by atoms with Crippen molar-refractivity contribution in [3.05, 3.63) is 35.9 Å². The molecule has 2 aromatic carbocycles. The van der Waals surface area contributed by atoms with E-state index in [2.05, 4.69) is 30.7 Å². The summed E-state index contributed by atoms with van der Waals surface area (Å²) in [5, 5.41) is 12.9. The third kappa shape index (κ3) is 4.49. The minimum atomic E-state index is -0.969. The van der Waals surface area contributed by atoms with Gasteiger partial charge in [0.1, 0.15) is 0 Å². The predicted octanol–water partition coefficient (Wildman–Crippen LogP) is 5.89. The van der Waals surface area contributed by atoms with E-state index >= 15 is 0 Å². The average Bonchev–Trinajstić information content (AvgIpc) is 3.13. The zero-order valence-corrected chi connectivity index (χ0v) is 20.6. The first-order valence-corrected chi connectivity index (χ1v) is 11.5. The normalized spacial score (nSPS) is 19.6. The largest absolute Gasteiger partial charge is 0.493 e. The molecule has 4 rings (SSSR count). The molecule has 0 bridgehead atoms. The lowest BCUT2D eigenvalue weighted by molar-refractivity contribution is 0.0697. The Hall–Kier alpha value is -3.42. The maximum Gasteiger partial charge on any atom is 0.335 e. The number of anilines is 2. The molecule has 34 heavy (non-hydrogen) atoms. The molecule has 0 spiro atoms. The van der Waals surface area contributed by atoms with Crippen LogP contribution in [0.15, 0.2) is 30.3 Å². The molecular formula is C26H33N3O5. The molecule has 182 valence electrons. The molecule has 1 heterocycles. The fourth-order valence-corrected chi connectivity index (χ4v) is 5.46. The van der Waals surface area contributed by atoms with Gasteiger partial charge in [-0.25, -0.2) is 9.78 Å². The van der Waals surface area contributed by atoms with Gasteiger partial charge in [-0.1, -0.05) is 20.8 Å². The number of carboxylic acid groups (broad SMARTS) is 1. The van der Waals surface area contributed by atoms with Crippen molar-refractivity contribution in [1.82, 2.24) is 9.55 Å². The van der Waals surface area contributed by atoms with Crippen LogP contribution in [0.1, 0.15) is 56.4 Å². The van der Waals surface area contributed by atoms with E-state index in [1.165, 1.54) is 6.42 Å². The summed E-state index contributed by atoms with van der Waals surface area (Å²) >= 11 is 0. The SMILES string of the molecule is COc1cc(Nc2nc3cc(C(=O)O)ccc3n2[C@H]2C[C@@H](C)CC(C)(C)C2)cc(OC)c1OC. The van der Waals surface area contributed by atoms with E-state index in [4.69, 9.17) is 19.2 Å². The molecule has 1 fully saturated rings. The number of nitrogens with zero attached hydrogens (tertiary/aromatic N) is 2. The van der Waals surface area contributed by atoms with Crippen LogP contribution < -0.4 is 19.5 Å². The maximum absolute atomic E-state index is 11.6. The number of hydrogen-bond acceptors (Lipinski definition) is 6. The van der Waals surface area contributed by atoms with Gasteiger partial charge in [-0.3, -0.25) is 0 Å². The van der Waals surface area contributed by atoms with Crippen molar-refractivity contribution < 1.29 is 24.1 Å². The van der Waals surface area contributed by atoms with E-state index in [9.17, 15) is 9.90 Å². The monoisotopic (exact) mass is 467 g/mol. The molecule has 0 aliphatic heterocycles. The maximum atomic E-state index is 11.6. The number of aromatic carboxylic acids is 1. The second-order valence-corrected chi connectivity index (χ2v) is 9.92. The van der Waals surface area contributed by atoms with Crippen molar-refractivity contribution in [3.63, 3.8) is 0 Å². The van der Waals surface area contributed by atoms with Crippen molar-refractivity contribution >= 4 is 28.6 Å². The van der Waals surface area contributed by atoms with Gasteiger partial charge in [0.25, 0.3) is 0 Å². The zero-order valence-electron chi connectivity index (χ0n) is 20.6. The Morgan fingerprint density at radius 1 is 1.09 bits per heavy atom. The van der Waals surface area contributed by atoms with Crippen molar-refractivity contribution in [2.24, 2.45) is 11.3 Å². The van der Waals surface area contributed by atoms with Gasteiger partial charge in [-0.15, -0.1) is 0 Å². The lowest BCUT2D eigenvalue weighted by Gasteiger charge is -2.40. The lowest BCUT2D eigenvalue weighted by Crippen LogP contribution is -2.29. The van der Waals surface area contributed by atoms with Crippen LogP contribution in [0.2, 0.25) is 0 Å². The third-order valence-electron chi connectivity index (χ3n) is 6.59. The Morgan fingerprint density at radius 2 is 1.76 bits per heavy atom. The summed E-state index contributed by atoms with van der Waals surface area (Å²) < 4.78 is 18.7. The molecule has 0 saturated heterocycles. The number of ether oxygens (including phenoxy) is 3.